The SMILES string of the molecule is NCCc1nnc2n1CCCN2. The molecule has 5 nitrogen and oxygen atoms in total. The fourth-order valence-electron chi connectivity index (χ4n) is 1.45. The quantitative estimate of drug-likeness (QED) is 0.628. The molecule has 0 radical (unpaired) electrons. The fourth-order valence-corrected chi connectivity index (χ4v) is 1.45. The Morgan fingerprint density at radius 2 is 2.42 bits per heavy atom. The standard InChI is InChI=1S/C7H13N5/c8-3-2-6-10-11-7-9-4-1-5-12(6)7/h1-5,8H2,(H,9,11). The lowest BCUT2D eigenvalue weighted by Crippen LogP contribution is -2.19. The molecule has 5 heteroatoms. The summed E-state index contributed by atoms with van der Waals surface area (Å²) >= 11 is 0. The molecule has 66 valence electrons. The van der Waals surface area contributed by atoms with E-state index < -0.39 is 0 Å². The summed E-state index contributed by atoms with van der Waals surface area (Å²) in [5, 5.41) is 11.3. The summed E-state index contributed by atoms with van der Waals surface area (Å²) in [7, 11) is 0. The zero-order chi connectivity index (χ0) is 8.39. The Bertz CT molecular complexity index is 267. The largest absolute Gasteiger partial charge is 0.354 e. The van der Waals surface area contributed by atoms with Crippen LogP contribution in [0.2, 0.25) is 0 Å². The van der Waals surface area contributed by atoms with Gasteiger partial charge in [0.15, 0.2) is 0 Å². The van der Waals surface area contributed by atoms with E-state index >= 15 is 0 Å². The van der Waals surface area contributed by atoms with Crippen LogP contribution in [-0.4, -0.2) is 27.9 Å². The van der Waals surface area contributed by atoms with Crippen LogP contribution in [0.3, 0.4) is 0 Å². The van der Waals surface area contributed by atoms with E-state index in [2.05, 4.69) is 20.1 Å². The van der Waals surface area contributed by atoms with Crippen molar-refractivity contribution in [3.63, 3.8) is 0 Å². The number of fused-ring (bicyclic) bond motifs is 1. The van der Waals surface area contributed by atoms with E-state index in [1.807, 2.05) is 0 Å². The van der Waals surface area contributed by atoms with Gasteiger partial charge in [-0.1, -0.05) is 0 Å². The van der Waals surface area contributed by atoms with Crippen LogP contribution in [0.25, 0.3) is 0 Å². The van der Waals surface area contributed by atoms with Crippen LogP contribution in [0.4, 0.5) is 5.95 Å². The van der Waals surface area contributed by atoms with E-state index in [-0.39, 0.29) is 0 Å². The molecule has 0 amide bonds. The maximum Gasteiger partial charge on any atom is 0.224 e. The van der Waals surface area contributed by atoms with Crippen molar-refractivity contribution in [1.29, 1.82) is 0 Å². The number of hydrogen-bond acceptors (Lipinski definition) is 4. The highest BCUT2D eigenvalue weighted by atomic mass is 15.4. The molecule has 12 heavy (non-hydrogen) atoms. The Labute approximate surface area is 71.0 Å². The van der Waals surface area contributed by atoms with Crippen LogP contribution in [0.15, 0.2) is 0 Å². The molecular formula is C7H13N5. The first-order chi connectivity index (χ1) is 5.92. The molecule has 3 N–H and O–H groups in total. The number of rotatable bonds is 2. The Morgan fingerprint density at radius 1 is 1.50 bits per heavy atom. The lowest BCUT2D eigenvalue weighted by molar-refractivity contribution is 0.598. The van der Waals surface area contributed by atoms with Crippen molar-refractivity contribution >= 4 is 5.95 Å². The van der Waals surface area contributed by atoms with Crippen molar-refractivity contribution in [2.45, 2.75) is 19.4 Å². The molecule has 0 spiro atoms. The van der Waals surface area contributed by atoms with Crippen LogP contribution >= 0.6 is 0 Å². The Balaban J connectivity index is 2.25. The summed E-state index contributed by atoms with van der Waals surface area (Å²) in [6, 6.07) is 0. The van der Waals surface area contributed by atoms with Crippen molar-refractivity contribution in [3.8, 4) is 0 Å². The predicted molar refractivity (Wildman–Crippen MR) is 45.9 cm³/mol. The fraction of sp³-hybridized carbons (Fsp3) is 0.714. The first-order valence-electron chi connectivity index (χ1n) is 4.28. The van der Waals surface area contributed by atoms with E-state index in [4.69, 9.17) is 5.73 Å². The number of anilines is 1. The Kier molecular flexibility index (Phi) is 1.95. The van der Waals surface area contributed by atoms with Crippen molar-refractivity contribution in [2.24, 2.45) is 5.73 Å². The first kappa shape index (κ1) is 7.54. The van der Waals surface area contributed by atoms with E-state index in [1.165, 1.54) is 0 Å². The van der Waals surface area contributed by atoms with E-state index in [0.717, 1.165) is 37.7 Å². The van der Waals surface area contributed by atoms with Gasteiger partial charge in [0.1, 0.15) is 5.82 Å². The summed E-state index contributed by atoms with van der Waals surface area (Å²) in [5.74, 6) is 1.89. The van der Waals surface area contributed by atoms with Crippen LogP contribution in [0.1, 0.15) is 12.2 Å². The minimum absolute atomic E-state index is 0.637. The van der Waals surface area contributed by atoms with Gasteiger partial charge in [-0.15, -0.1) is 10.2 Å². The zero-order valence-corrected chi connectivity index (χ0v) is 6.95. The highest BCUT2D eigenvalue weighted by Gasteiger charge is 2.13. The lowest BCUT2D eigenvalue weighted by atomic mass is 10.3. The third-order valence-corrected chi connectivity index (χ3v) is 2.04. The van der Waals surface area contributed by atoms with E-state index in [9.17, 15) is 0 Å². The Morgan fingerprint density at radius 3 is 3.25 bits per heavy atom. The van der Waals surface area contributed by atoms with Crippen molar-refractivity contribution < 1.29 is 0 Å². The maximum absolute atomic E-state index is 5.45. The molecular weight excluding hydrogens is 154 g/mol. The van der Waals surface area contributed by atoms with E-state index in [1.54, 1.807) is 0 Å². The molecule has 1 aliphatic heterocycles. The molecule has 0 fully saturated rings. The topological polar surface area (TPSA) is 68.8 Å². The Hall–Kier alpha value is -1.10. The number of nitrogens with two attached hydrogens (primary N) is 1. The molecule has 0 aromatic carbocycles. The highest BCUT2D eigenvalue weighted by Crippen LogP contribution is 2.12. The van der Waals surface area contributed by atoms with Crippen LogP contribution < -0.4 is 11.1 Å². The van der Waals surface area contributed by atoms with Gasteiger partial charge in [0, 0.05) is 19.5 Å². The average Bonchev–Trinajstić information content (AvgIpc) is 2.50. The van der Waals surface area contributed by atoms with E-state index in [0.29, 0.717) is 6.54 Å². The van der Waals surface area contributed by atoms with Gasteiger partial charge < -0.3 is 11.1 Å². The zero-order valence-electron chi connectivity index (χ0n) is 6.95. The summed E-state index contributed by atoms with van der Waals surface area (Å²) < 4.78 is 2.11. The van der Waals surface area contributed by atoms with Gasteiger partial charge in [-0.2, -0.15) is 0 Å². The molecule has 1 aromatic heterocycles. The van der Waals surface area contributed by atoms with Gasteiger partial charge in [-0.25, -0.2) is 0 Å². The molecule has 0 saturated carbocycles. The summed E-state index contributed by atoms with van der Waals surface area (Å²) in [6.07, 6.45) is 1.96. The molecule has 0 saturated heterocycles. The molecule has 0 aliphatic carbocycles. The third kappa shape index (κ3) is 1.16. The second-order valence-corrected chi connectivity index (χ2v) is 2.91. The van der Waals surface area contributed by atoms with Crippen LogP contribution in [0, 0.1) is 0 Å². The van der Waals surface area contributed by atoms with Gasteiger partial charge >= 0.3 is 0 Å². The van der Waals surface area contributed by atoms with Crippen LogP contribution in [0.5, 0.6) is 0 Å². The normalized spacial score (nSPS) is 15.4. The summed E-state index contributed by atoms with van der Waals surface area (Å²) in [4.78, 5) is 0. The molecule has 1 aromatic rings. The minimum Gasteiger partial charge on any atom is -0.354 e. The van der Waals surface area contributed by atoms with Crippen LogP contribution in [-0.2, 0) is 13.0 Å². The molecule has 0 bridgehead atoms. The first-order valence-corrected chi connectivity index (χ1v) is 4.28. The second kappa shape index (κ2) is 3.10. The molecule has 0 unspecified atom stereocenters. The summed E-state index contributed by atoms with van der Waals surface area (Å²) in [6.45, 7) is 2.66. The van der Waals surface area contributed by atoms with Gasteiger partial charge in [0.25, 0.3) is 0 Å². The highest BCUT2D eigenvalue weighted by molar-refractivity contribution is 5.27. The summed E-state index contributed by atoms with van der Waals surface area (Å²) in [5.41, 5.74) is 5.45. The third-order valence-electron chi connectivity index (χ3n) is 2.04. The van der Waals surface area contributed by atoms with Gasteiger partial charge in [-0.3, -0.25) is 4.57 Å². The molecule has 1 aliphatic rings. The molecule has 2 rings (SSSR count). The number of nitrogens with zero attached hydrogens (tertiary/aromatic N) is 3. The number of aromatic nitrogens is 3. The minimum atomic E-state index is 0.637. The monoisotopic (exact) mass is 167 g/mol. The maximum atomic E-state index is 5.45. The predicted octanol–water partition coefficient (Wildman–Crippen LogP) is -0.405. The average molecular weight is 167 g/mol. The lowest BCUT2D eigenvalue weighted by Gasteiger charge is -2.15. The van der Waals surface area contributed by atoms with Gasteiger partial charge in [0.2, 0.25) is 5.95 Å². The van der Waals surface area contributed by atoms with Gasteiger partial charge in [0.05, 0.1) is 0 Å². The van der Waals surface area contributed by atoms with Crippen molar-refractivity contribution in [2.75, 3.05) is 18.4 Å². The number of nitrogens with one attached hydrogen (secondary N) is 1. The van der Waals surface area contributed by atoms with Gasteiger partial charge in [-0.05, 0) is 13.0 Å². The van der Waals surface area contributed by atoms with Crippen molar-refractivity contribution in [1.82, 2.24) is 14.8 Å². The molecule has 0 atom stereocenters. The number of hydrogen-bond donors (Lipinski definition) is 2. The molecule has 2 heterocycles. The van der Waals surface area contributed by atoms with Crippen molar-refractivity contribution in [3.05, 3.63) is 5.82 Å². The smallest absolute Gasteiger partial charge is 0.224 e. The second-order valence-electron chi connectivity index (χ2n) is 2.91.